The van der Waals surface area contributed by atoms with Crippen molar-refractivity contribution in [1.82, 2.24) is 4.72 Å². The van der Waals surface area contributed by atoms with Crippen molar-refractivity contribution in [2.45, 2.75) is 74.6 Å². The molecule has 0 radical (unpaired) electrons. The first-order valence-electron chi connectivity index (χ1n) is 12.0. The molecule has 35 heavy (non-hydrogen) atoms. The molecule has 1 aromatic carbocycles. The summed E-state index contributed by atoms with van der Waals surface area (Å²) in [6, 6.07) is 3.92. The molecule has 192 valence electrons. The molecule has 0 aromatic heterocycles. The number of nitrogens with one attached hydrogen (secondary N) is 1. The number of ketones is 1. The smallest absolute Gasteiger partial charge is 0.406 e. The first-order valence-corrected chi connectivity index (χ1v) is 13.5. The summed E-state index contributed by atoms with van der Waals surface area (Å²) in [5.74, 6) is 0.160. The fourth-order valence-corrected chi connectivity index (χ4v) is 8.72. The monoisotopic (exact) mass is 514 g/mol. The predicted octanol–water partition coefficient (Wildman–Crippen LogP) is 3.67. The van der Waals surface area contributed by atoms with Gasteiger partial charge in [-0.2, -0.15) is 4.72 Å². The van der Waals surface area contributed by atoms with Crippen molar-refractivity contribution >= 4 is 21.7 Å². The number of rotatable bonds is 8. The largest absolute Gasteiger partial charge is 0.573 e. The summed E-state index contributed by atoms with van der Waals surface area (Å²) < 4.78 is 69.6. The zero-order valence-corrected chi connectivity index (χ0v) is 20.0. The van der Waals surface area contributed by atoms with Gasteiger partial charge in [0.15, 0.2) is 5.78 Å². The topological polar surface area (TPSA) is 116 Å². The molecule has 2 unspecified atom stereocenters. The highest BCUT2D eigenvalue weighted by Crippen LogP contribution is 2.63. The van der Waals surface area contributed by atoms with Crippen LogP contribution in [0.4, 0.5) is 13.2 Å². The fraction of sp³-hybridized carbons (Fsp3) is 0.667. The van der Waals surface area contributed by atoms with Crippen LogP contribution in [0, 0.1) is 29.1 Å². The normalized spacial score (nSPS) is 33.2. The van der Waals surface area contributed by atoms with E-state index < -0.39 is 33.1 Å². The van der Waals surface area contributed by atoms with E-state index in [1.807, 2.05) is 0 Å². The summed E-state index contributed by atoms with van der Waals surface area (Å²) in [7, 11) is -4.14. The molecule has 1 amide bonds. The van der Waals surface area contributed by atoms with Crippen LogP contribution < -0.4 is 15.2 Å². The molecular formula is C24H29F3N2O5S. The molecule has 1 aromatic rings. The maximum atomic E-state index is 13.5. The quantitative estimate of drug-likeness (QED) is 0.549. The second-order valence-corrected chi connectivity index (χ2v) is 12.6. The van der Waals surface area contributed by atoms with E-state index in [1.165, 1.54) is 0 Å². The van der Waals surface area contributed by atoms with Gasteiger partial charge in [-0.15, -0.1) is 13.2 Å². The maximum absolute atomic E-state index is 13.5. The van der Waals surface area contributed by atoms with E-state index in [0.717, 1.165) is 43.5 Å². The number of hydrogen-bond donors (Lipinski definition) is 2. The van der Waals surface area contributed by atoms with Crippen LogP contribution in [0.5, 0.6) is 5.75 Å². The molecule has 0 aliphatic heterocycles. The first-order chi connectivity index (χ1) is 16.3. The molecular weight excluding hydrogens is 485 g/mol. The molecule has 6 rings (SSSR count). The van der Waals surface area contributed by atoms with Crippen LogP contribution >= 0.6 is 0 Å². The van der Waals surface area contributed by atoms with Crippen LogP contribution in [-0.4, -0.2) is 32.0 Å². The Balaban J connectivity index is 1.29. The molecule has 0 spiro atoms. The molecule has 5 aliphatic rings. The van der Waals surface area contributed by atoms with E-state index in [2.05, 4.69) is 9.46 Å². The first kappa shape index (κ1) is 24.5. The van der Waals surface area contributed by atoms with Crippen LogP contribution in [-0.2, 0) is 19.6 Å². The molecule has 4 bridgehead atoms. The van der Waals surface area contributed by atoms with Crippen LogP contribution in [0.15, 0.2) is 29.2 Å². The van der Waals surface area contributed by atoms with Crippen LogP contribution in [0.2, 0.25) is 0 Å². The highest BCUT2D eigenvalue weighted by atomic mass is 32.2. The number of primary amides is 1. The summed E-state index contributed by atoms with van der Waals surface area (Å²) in [5, 5.41) is 0. The Morgan fingerprint density at radius 2 is 1.66 bits per heavy atom. The van der Waals surface area contributed by atoms with E-state index in [9.17, 15) is 31.2 Å². The van der Waals surface area contributed by atoms with Crippen molar-refractivity contribution in [1.29, 1.82) is 0 Å². The van der Waals surface area contributed by atoms with Crippen molar-refractivity contribution in [3.63, 3.8) is 0 Å². The third kappa shape index (κ3) is 4.45. The number of alkyl halides is 3. The lowest BCUT2D eigenvalue weighted by atomic mass is 9.45. The molecule has 5 aliphatic carbocycles. The number of amides is 1. The van der Waals surface area contributed by atoms with Crippen LogP contribution in [0.1, 0.15) is 57.8 Å². The number of benzene rings is 1. The highest BCUT2D eigenvalue weighted by Gasteiger charge is 2.59. The van der Waals surface area contributed by atoms with Crippen LogP contribution in [0.25, 0.3) is 0 Å². The van der Waals surface area contributed by atoms with Gasteiger partial charge in [0.2, 0.25) is 15.9 Å². The number of hydrogen-bond acceptors (Lipinski definition) is 5. The average Bonchev–Trinajstić information content (AvgIpc) is 2.72. The lowest BCUT2D eigenvalue weighted by Crippen LogP contribution is -2.61. The molecule has 0 heterocycles. The second-order valence-electron chi connectivity index (χ2n) is 11.0. The van der Waals surface area contributed by atoms with Gasteiger partial charge in [0.1, 0.15) is 5.75 Å². The van der Waals surface area contributed by atoms with E-state index in [0.29, 0.717) is 38.0 Å². The molecule has 2 atom stereocenters. The van der Waals surface area contributed by atoms with Crippen molar-refractivity contribution in [3.05, 3.63) is 24.3 Å². The maximum Gasteiger partial charge on any atom is 0.573 e. The number of carbonyl (C=O) groups is 2. The number of sulfonamides is 1. The Kier molecular flexibility index (Phi) is 5.75. The van der Waals surface area contributed by atoms with Gasteiger partial charge in [-0.3, -0.25) is 9.59 Å². The molecule has 3 N–H and O–H groups in total. The van der Waals surface area contributed by atoms with Crippen molar-refractivity contribution in [3.8, 4) is 5.75 Å². The summed E-state index contributed by atoms with van der Waals surface area (Å²) in [6.45, 7) is 0. The molecule has 0 saturated heterocycles. The van der Waals surface area contributed by atoms with Crippen molar-refractivity contribution in [2.24, 2.45) is 34.8 Å². The minimum absolute atomic E-state index is 0.118. The number of carbonyl (C=O) groups excluding carboxylic acids is 2. The minimum atomic E-state index is -4.88. The van der Waals surface area contributed by atoms with Gasteiger partial charge < -0.3 is 10.5 Å². The fourth-order valence-electron chi connectivity index (χ4n) is 7.28. The van der Waals surface area contributed by atoms with Crippen LogP contribution in [0.3, 0.4) is 0 Å². The zero-order valence-electron chi connectivity index (χ0n) is 19.1. The SMILES string of the molecule is NC(=O)C12CC3CC(C1)C(CC(=O)C1(NS(=O)(=O)c4ccc(OC(F)(F)F)cc4)CCC1)C(C3)C2. The van der Waals surface area contributed by atoms with Gasteiger partial charge in [0, 0.05) is 11.8 Å². The van der Waals surface area contributed by atoms with E-state index in [4.69, 9.17) is 5.73 Å². The summed E-state index contributed by atoms with van der Waals surface area (Å²) in [6.07, 6.45) is 1.07. The van der Waals surface area contributed by atoms with E-state index >= 15 is 0 Å². The Hall–Kier alpha value is -2.14. The zero-order chi connectivity index (χ0) is 25.2. The second kappa shape index (κ2) is 8.19. The number of nitrogens with two attached hydrogens (primary N) is 1. The lowest BCUT2D eigenvalue weighted by Gasteiger charge is -2.59. The van der Waals surface area contributed by atoms with Gasteiger partial charge in [-0.1, -0.05) is 0 Å². The predicted molar refractivity (Wildman–Crippen MR) is 118 cm³/mol. The minimum Gasteiger partial charge on any atom is -0.406 e. The highest BCUT2D eigenvalue weighted by molar-refractivity contribution is 7.89. The van der Waals surface area contributed by atoms with Gasteiger partial charge >= 0.3 is 6.36 Å². The Morgan fingerprint density at radius 3 is 2.14 bits per heavy atom. The Labute approximate surface area is 202 Å². The summed E-state index contributed by atoms with van der Waals surface area (Å²) >= 11 is 0. The average molecular weight is 515 g/mol. The standard InChI is InChI=1S/C24H29F3N2O5S/c25-24(26,27)34-17-2-4-18(5-3-17)35(32,33)29-23(6-1-7-23)20(30)10-19-15-8-14-9-16(19)13-22(11-14,12-15)21(28)31/h2-5,14-16,19,29H,1,6-13H2,(H2,28,31). The molecule has 5 fully saturated rings. The van der Waals surface area contributed by atoms with E-state index in [-0.39, 0.29) is 40.8 Å². The summed E-state index contributed by atoms with van der Waals surface area (Å²) in [5.41, 5.74) is 4.11. The van der Waals surface area contributed by atoms with Crippen molar-refractivity contribution in [2.75, 3.05) is 0 Å². The molecule has 11 heteroatoms. The van der Waals surface area contributed by atoms with Gasteiger partial charge in [-0.05, 0) is 99.3 Å². The third-order valence-electron chi connectivity index (χ3n) is 8.85. The molecule has 5 saturated carbocycles. The Morgan fingerprint density at radius 1 is 1.06 bits per heavy atom. The van der Waals surface area contributed by atoms with Gasteiger partial charge in [-0.25, -0.2) is 8.42 Å². The number of halogens is 3. The number of Topliss-reactive ketones (excluding diaryl/α,β-unsaturated/α-hetero) is 1. The lowest BCUT2D eigenvalue weighted by molar-refractivity contribution is -0.274. The third-order valence-corrected chi connectivity index (χ3v) is 10.4. The van der Waals surface area contributed by atoms with Crippen molar-refractivity contribution < 1.29 is 35.9 Å². The summed E-state index contributed by atoms with van der Waals surface area (Å²) in [4.78, 5) is 25.5. The van der Waals surface area contributed by atoms with Gasteiger partial charge in [0.25, 0.3) is 0 Å². The molecule has 7 nitrogen and oxygen atoms in total. The number of ether oxygens (including phenoxy) is 1. The Bertz CT molecular complexity index is 1110. The van der Waals surface area contributed by atoms with Gasteiger partial charge in [0.05, 0.1) is 10.4 Å². The van der Waals surface area contributed by atoms with E-state index in [1.54, 1.807) is 0 Å².